The van der Waals surface area contributed by atoms with Crippen LogP contribution in [0.5, 0.6) is 5.75 Å². The number of ether oxygens (including phenoxy) is 2. The van der Waals surface area contributed by atoms with E-state index in [9.17, 15) is 4.79 Å². The summed E-state index contributed by atoms with van der Waals surface area (Å²) in [5.74, 6) is 0.158. The molecule has 0 unspecified atom stereocenters. The molecule has 1 heterocycles. The van der Waals surface area contributed by atoms with Crippen molar-refractivity contribution in [2.24, 2.45) is 0 Å². The third-order valence-electron chi connectivity index (χ3n) is 4.23. The Balaban J connectivity index is 2.15. The maximum Gasteiger partial charge on any atom is 0.494 e. The third-order valence-corrected chi connectivity index (χ3v) is 4.23. The monoisotopic (exact) mass is 306 g/mol. The van der Waals surface area contributed by atoms with Crippen LogP contribution in [-0.4, -0.2) is 37.5 Å². The van der Waals surface area contributed by atoms with Crippen molar-refractivity contribution < 1.29 is 23.6 Å². The second kappa shape index (κ2) is 5.93. The summed E-state index contributed by atoms with van der Waals surface area (Å²) in [6, 6.07) is 7.37. The fourth-order valence-electron chi connectivity index (χ4n) is 2.13. The molecule has 2 rings (SSSR count). The highest BCUT2D eigenvalue weighted by Gasteiger charge is 2.51. The Morgan fingerprint density at radius 2 is 1.77 bits per heavy atom. The predicted octanol–water partition coefficient (Wildman–Crippen LogP) is 1.93. The molecule has 22 heavy (non-hydrogen) atoms. The van der Waals surface area contributed by atoms with Gasteiger partial charge in [-0.3, -0.25) is 0 Å². The number of rotatable bonds is 4. The average molecular weight is 306 g/mol. The van der Waals surface area contributed by atoms with E-state index >= 15 is 0 Å². The van der Waals surface area contributed by atoms with Crippen LogP contribution in [0.1, 0.15) is 34.6 Å². The second-order valence-corrected chi connectivity index (χ2v) is 6.44. The Morgan fingerprint density at radius 3 is 2.32 bits per heavy atom. The topological polar surface area (TPSA) is 54.0 Å². The summed E-state index contributed by atoms with van der Waals surface area (Å²) in [6.07, 6.45) is -0.668. The van der Waals surface area contributed by atoms with Gasteiger partial charge < -0.3 is 18.8 Å². The molecule has 0 aliphatic carbocycles. The summed E-state index contributed by atoms with van der Waals surface area (Å²) in [5, 5.41) is 0. The minimum absolute atomic E-state index is 0.395. The SMILES string of the molecule is COC(=O)[C@@H](C)Oc1cccc(B2OC(C)(C)C(C)(C)O2)c1. The fraction of sp³-hybridized carbons (Fsp3) is 0.562. The molecule has 0 N–H and O–H groups in total. The van der Waals surface area contributed by atoms with Crippen molar-refractivity contribution in [1.82, 2.24) is 0 Å². The second-order valence-electron chi connectivity index (χ2n) is 6.44. The van der Waals surface area contributed by atoms with Crippen molar-refractivity contribution in [2.75, 3.05) is 7.11 Å². The number of carbonyl (C=O) groups is 1. The molecule has 0 spiro atoms. The quantitative estimate of drug-likeness (QED) is 0.628. The molecule has 1 aliphatic rings. The molecule has 0 saturated carbocycles. The molecule has 1 fully saturated rings. The van der Waals surface area contributed by atoms with E-state index < -0.39 is 30.4 Å². The summed E-state index contributed by atoms with van der Waals surface area (Å²) in [5.41, 5.74) is 0.0648. The van der Waals surface area contributed by atoms with Gasteiger partial charge in [-0.05, 0) is 52.2 Å². The van der Waals surface area contributed by atoms with Gasteiger partial charge in [0.25, 0.3) is 0 Å². The average Bonchev–Trinajstić information content (AvgIpc) is 2.67. The fourth-order valence-corrected chi connectivity index (χ4v) is 2.13. The van der Waals surface area contributed by atoms with E-state index in [1.54, 1.807) is 13.0 Å². The lowest BCUT2D eigenvalue weighted by molar-refractivity contribution is -0.147. The van der Waals surface area contributed by atoms with Crippen LogP contribution in [0.2, 0.25) is 0 Å². The lowest BCUT2D eigenvalue weighted by Gasteiger charge is -2.32. The minimum atomic E-state index is -0.668. The predicted molar refractivity (Wildman–Crippen MR) is 84.3 cm³/mol. The van der Waals surface area contributed by atoms with Crippen LogP contribution in [-0.2, 0) is 18.8 Å². The molecule has 1 aliphatic heterocycles. The van der Waals surface area contributed by atoms with Gasteiger partial charge in [0.05, 0.1) is 18.3 Å². The summed E-state index contributed by atoms with van der Waals surface area (Å²) < 4.78 is 22.3. The van der Waals surface area contributed by atoms with Crippen LogP contribution in [0.25, 0.3) is 0 Å². The maximum atomic E-state index is 11.4. The molecule has 0 amide bonds. The smallest absolute Gasteiger partial charge is 0.479 e. The van der Waals surface area contributed by atoms with Crippen LogP contribution in [0, 0.1) is 0 Å². The van der Waals surface area contributed by atoms with Gasteiger partial charge in [-0.1, -0.05) is 12.1 Å². The molecule has 0 aromatic heterocycles. The number of carbonyl (C=O) groups excluding carboxylic acids is 1. The molecule has 120 valence electrons. The standard InChI is InChI=1S/C16H23BO5/c1-11(14(18)19-6)20-13-9-7-8-12(10-13)17-21-15(2,3)16(4,5)22-17/h7-11H,1-6H3/t11-/m1/s1. The molecule has 5 nitrogen and oxygen atoms in total. The van der Waals surface area contributed by atoms with Crippen molar-refractivity contribution in [1.29, 1.82) is 0 Å². The van der Waals surface area contributed by atoms with Crippen LogP contribution in [0.15, 0.2) is 24.3 Å². The van der Waals surface area contributed by atoms with E-state index in [4.69, 9.17) is 14.0 Å². The number of hydrogen-bond acceptors (Lipinski definition) is 5. The van der Waals surface area contributed by atoms with E-state index in [1.165, 1.54) is 7.11 Å². The van der Waals surface area contributed by atoms with Crippen LogP contribution in [0.4, 0.5) is 0 Å². The lowest BCUT2D eigenvalue weighted by atomic mass is 9.79. The van der Waals surface area contributed by atoms with E-state index in [0.29, 0.717) is 5.75 Å². The van der Waals surface area contributed by atoms with Gasteiger partial charge in [-0.15, -0.1) is 0 Å². The third kappa shape index (κ3) is 3.28. The van der Waals surface area contributed by atoms with Crippen molar-refractivity contribution in [3.05, 3.63) is 24.3 Å². The number of esters is 1. The first-order valence-electron chi connectivity index (χ1n) is 7.36. The number of methoxy groups -OCH3 is 1. The van der Waals surface area contributed by atoms with Crippen molar-refractivity contribution in [3.63, 3.8) is 0 Å². The van der Waals surface area contributed by atoms with E-state index in [2.05, 4.69) is 4.74 Å². The molecule has 1 aromatic carbocycles. The molecular weight excluding hydrogens is 283 g/mol. The lowest BCUT2D eigenvalue weighted by Crippen LogP contribution is -2.41. The van der Waals surface area contributed by atoms with Gasteiger partial charge in [-0.25, -0.2) is 4.79 Å². The zero-order valence-electron chi connectivity index (χ0n) is 14.0. The van der Waals surface area contributed by atoms with E-state index in [0.717, 1.165) is 5.46 Å². The Kier molecular flexibility index (Phi) is 4.54. The van der Waals surface area contributed by atoms with Gasteiger partial charge >= 0.3 is 13.1 Å². The van der Waals surface area contributed by atoms with Crippen molar-refractivity contribution in [2.45, 2.75) is 51.9 Å². The number of benzene rings is 1. The first-order chi connectivity index (χ1) is 10.2. The zero-order valence-corrected chi connectivity index (χ0v) is 14.0. The Labute approximate surface area is 132 Å². The van der Waals surface area contributed by atoms with Crippen molar-refractivity contribution in [3.8, 4) is 5.75 Å². The first kappa shape index (κ1) is 16.8. The summed E-state index contributed by atoms with van der Waals surface area (Å²) in [4.78, 5) is 11.4. The van der Waals surface area contributed by atoms with E-state index in [-0.39, 0.29) is 0 Å². The Morgan fingerprint density at radius 1 is 1.18 bits per heavy atom. The molecular formula is C16H23BO5. The largest absolute Gasteiger partial charge is 0.494 e. The summed E-state index contributed by atoms with van der Waals surface area (Å²) >= 11 is 0. The highest BCUT2D eigenvalue weighted by molar-refractivity contribution is 6.62. The van der Waals surface area contributed by atoms with Gasteiger partial charge in [-0.2, -0.15) is 0 Å². The first-order valence-corrected chi connectivity index (χ1v) is 7.36. The molecule has 0 bridgehead atoms. The molecule has 0 radical (unpaired) electrons. The molecule has 1 aromatic rings. The highest BCUT2D eigenvalue weighted by Crippen LogP contribution is 2.36. The van der Waals surface area contributed by atoms with E-state index in [1.807, 2.05) is 45.9 Å². The molecule has 6 heteroatoms. The van der Waals surface area contributed by atoms with Gasteiger partial charge in [0.2, 0.25) is 0 Å². The van der Waals surface area contributed by atoms with Gasteiger partial charge in [0, 0.05) is 0 Å². The maximum absolute atomic E-state index is 11.4. The molecule has 1 saturated heterocycles. The van der Waals surface area contributed by atoms with Crippen molar-refractivity contribution >= 4 is 18.6 Å². The number of hydrogen-bond donors (Lipinski definition) is 0. The summed E-state index contributed by atoms with van der Waals surface area (Å²) in [6.45, 7) is 9.67. The highest BCUT2D eigenvalue weighted by atomic mass is 16.7. The molecule has 1 atom stereocenters. The van der Waals surface area contributed by atoms with Gasteiger partial charge in [0.1, 0.15) is 5.75 Å². The Bertz CT molecular complexity index is 539. The normalized spacial score (nSPS) is 20.5. The van der Waals surface area contributed by atoms with Crippen LogP contribution in [0.3, 0.4) is 0 Å². The minimum Gasteiger partial charge on any atom is -0.479 e. The Hall–Kier alpha value is -1.53. The zero-order chi connectivity index (χ0) is 16.5. The summed E-state index contributed by atoms with van der Waals surface area (Å²) in [7, 11) is 0.880. The van der Waals surface area contributed by atoms with Crippen LogP contribution < -0.4 is 10.2 Å². The van der Waals surface area contributed by atoms with Crippen LogP contribution >= 0.6 is 0 Å². The van der Waals surface area contributed by atoms with Gasteiger partial charge in [0.15, 0.2) is 6.10 Å².